The molecule has 0 N–H and O–H groups in total. The van der Waals surface area contributed by atoms with E-state index in [1.165, 1.54) is 30.2 Å². The summed E-state index contributed by atoms with van der Waals surface area (Å²) >= 11 is 0. The van der Waals surface area contributed by atoms with Crippen LogP contribution in [0.3, 0.4) is 0 Å². The van der Waals surface area contributed by atoms with Gasteiger partial charge in [0.05, 0.1) is 12.7 Å². The summed E-state index contributed by atoms with van der Waals surface area (Å²) in [5.41, 5.74) is 4.96. The highest BCUT2D eigenvalue weighted by molar-refractivity contribution is 5.91. The zero-order chi connectivity index (χ0) is 13.3. The van der Waals surface area contributed by atoms with Gasteiger partial charge in [0, 0.05) is 0 Å². The van der Waals surface area contributed by atoms with Crippen molar-refractivity contribution >= 4 is 5.97 Å². The third kappa shape index (κ3) is 2.43. The van der Waals surface area contributed by atoms with Crippen LogP contribution in [-0.2, 0) is 17.6 Å². The zero-order valence-electron chi connectivity index (χ0n) is 11.8. The van der Waals surface area contributed by atoms with Crippen molar-refractivity contribution < 1.29 is 9.53 Å². The van der Waals surface area contributed by atoms with Crippen LogP contribution in [0.2, 0.25) is 0 Å². The van der Waals surface area contributed by atoms with Crippen LogP contribution in [-0.4, -0.2) is 13.1 Å². The summed E-state index contributed by atoms with van der Waals surface area (Å²) in [6.45, 7) is 6.76. The Kier molecular flexibility index (Phi) is 3.47. The minimum Gasteiger partial charge on any atom is -0.465 e. The molecular formula is C16H22O2. The Morgan fingerprint density at radius 3 is 2.67 bits per heavy atom. The maximum Gasteiger partial charge on any atom is 0.338 e. The predicted octanol–water partition coefficient (Wildman–Crippen LogP) is 3.69. The normalized spacial score (nSPS) is 17.8. The van der Waals surface area contributed by atoms with E-state index in [0.29, 0.717) is 5.41 Å². The first kappa shape index (κ1) is 13.1. The van der Waals surface area contributed by atoms with Crippen molar-refractivity contribution in [3.05, 3.63) is 34.4 Å². The second-order valence-electron chi connectivity index (χ2n) is 6.07. The average molecular weight is 246 g/mol. The summed E-state index contributed by atoms with van der Waals surface area (Å²) < 4.78 is 4.90. The molecule has 0 aromatic heterocycles. The standard InChI is InChI=1S/C16H22O2/c1-11-7-8-13(15(17)18-4)12-6-5-9-16(2,3)10-14(11)12/h7-8H,5-6,9-10H2,1-4H3. The average Bonchev–Trinajstić information content (AvgIpc) is 2.47. The molecule has 0 radical (unpaired) electrons. The van der Waals surface area contributed by atoms with Gasteiger partial charge in [-0.2, -0.15) is 0 Å². The molecule has 0 amide bonds. The van der Waals surface area contributed by atoms with Gasteiger partial charge in [0.25, 0.3) is 0 Å². The highest BCUT2D eigenvalue weighted by Gasteiger charge is 2.27. The maximum absolute atomic E-state index is 11.8. The van der Waals surface area contributed by atoms with E-state index in [2.05, 4.69) is 20.8 Å². The van der Waals surface area contributed by atoms with Gasteiger partial charge in [0.2, 0.25) is 0 Å². The largest absolute Gasteiger partial charge is 0.465 e. The molecule has 0 spiro atoms. The van der Waals surface area contributed by atoms with Crippen molar-refractivity contribution in [2.24, 2.45) is 5.41 Å². The molecule has 1 aliphatic carbocycles. The van der Waals surface area contributed by atoms with Crippen molar-refractivity contribution in [1.29, 1.82) is 0 Å². The fourth-order valence-corrected chi connectivity index (χ4v) is 2.95. The minimum atomic E-state index is -0.203. The Hall–Kier alpha value is -1.31. The van der Waals surface area contributed by atoms with Gasteiger partial charge in [-0.25, -0.2) is 4.79 Å². The van der Waals surface area contributed by atoms with Crippen LogP contribution in [0, 0.1) is 12.3 Å². The van der Waals surface area contributed by atoms with Gasteiger partial charge < -0.3 is 4.74 Å². The van der Waals surface area contributed by atoms with Crippen LogP contribution in [0.4, 0.5) is 0 Å². The van der Waals surface area contributed by atoms with Crippen molar-refractivity contribution in [1.82, 2.24) is 0 Å². The second kappa shape index (κ2) is 4.75. The van der Waals surface area contributed by atoms with Crippen molar-refractivity contribution in [2.75, 3.05) is 7.11 Å². The minimum absolute atomic E-state index is 0.203. The van der Waals surface area contributed by atoms with Crippen LogP contribution >= 0.6 is 0 Å². The van der Waals surface area contributed by atoms with Crippen molar-refractivity contribution in [3.8, 4) is 0 Å². The van der Waals surface area contributed by atoms with Crippen LogP contribution in [0.25, 0.3) is 0 Å². The zero-order valence-corrected chi connectivity index (χ0v) is 11.8. The van der Waals surface area contributed by atoms with E-state index in [1.807, 2.05) is 12.1 Å². The molecule has 0 saturated carbocycles. The van der Waals surface area contributed by atoms with E-state index >= 15 is 0 Å². The fourth-order valence-electron chi connectivity index (χ4n) is 2.95. The lowest BCUT2D eigenvalue weighted by atomic mass is 9.82. The van der Waals surface area contributed by atoms with Crippen molar-refractivity contribution in [2.45, 2.75) is 46.5 Å². The molecule has 18 heavy (non-hydrogen) atoms. The van der Waals surface area contributed by atoms with E-state index in [1.54, 1.807) is 0 Å². The van der Waals surface area contributed by atoms with E-state index < -0.39 is 0 Å². The van der Waals surface area contributed by atoms with E-state index in [-0.39, 0.29) is 5.97 Å². The SMILES string of the molecule is COC(=O)c1ccc(C)c2c1CCCC(C)(C)C2. The summed E-state index contributed by atoms with van der Waals surface area (Å²) in [6.07, 6.45) is 4.40. The Balaban J connectivity index is 2.54. The summed E-state index contributed by atoms with van der Waals surface area (Å²) in [7, 11) is 1.45. The molecule has 2 heteroatoms. The Labute approximate surface area is 109 Å². The molecule has 1 aromatic carbocycles. The van der Waals surface area contributed by atoms with Crippen molar-refractivity contribution in [3.63, 3.8) is 0 Å². The fraction of sp³-hybridized carbons (Fsp3) is 0.562. The van der Waals surface area contributed by atoms with E-state index in [9.17, 15) is 4.79 Å². The van der Waals surface area contributed by atoms with Gasteiger partial charge in [0.15, 0.2) is 0 Å². The summed E-state index contributed by atoms with van der Waals surface area (Å²) in [5, 5.41) is 0. The van der Waals surface area contributed by atoms with Gasteiger partial charge in [0.1, 0.15) is 0 Å². The Bertz CT molecular complexity index is 472. The number of carbonyl (C=O) groups excluding carboxylic acids is 1. The number of methoxy groups -OCH3 is 1. The lowest BCUT2D eigenvalue weighted by Gasteiger charge is -2.23. The van der Waals surface area contributed by atoms with Gasteiger partial charge >= 0.3 is 5.97 Å². The van der Waals surface area contributed by atoms with Gasteiger partial charge in [-0.3, -0.25) is 0 Å². The first-order chi connectivity index (χ1) is 8.44. The number of aryl methyl sites for hydroxylation is 1. The first-order valence-electron chi connectivity index (χ1n) is 6.64. The predicted molar refractivity (Wildman–Crippen MR) is 72.9 cm³/mol. The lowest BCUT2D eigenvalue weighted by molar-refractivity contribution is 0.0599. The first-order valence-corrected chi connectivity index (χ1v) is 6.64. The van der Waals surface area contributed by atoms with Gasteiger partial charge in [-0.05, 0) is 60.8 Å². The molecule has 0 atom stereocenters. The second-order valence-corrected chi connectivity index (χ2v) is 6.07. The Morgan fingerprint density at radius 2 is 2.00 bits per heavy atom. The van der Waals surface area contributed by atoms with Gasteiger partial charge in [-0.1, -0.05) is 19.9 Å². The monoisotopic (exact) mass is 246 g/mol. The summed E-state index contributed by atoms with van der Waals surface area (Å²) in [6, 6.07) is 3.96. The van der Waals surface area contributed by atoms with Crippen LogP contribution < -0.4 is 0 Å². The molecule has 0 bridgehead atoms. The number of ether oxygens (including phenoxy) is 1. The number of rotatable bonds is 1. The summed E-state index contributed by atoms with van der Waals surface area (Å²) in [4.78, 5) is 11.8. The molecule has 2 rings (SSSR count). The lowest BCUT2D eigenvalue weighted by Crippen LogP contribution is -2.15. The topological polar surface area (TPSA) is 26.3 Å². The molecule has 98 valence electrons. The highest BCUT2D eigenvalue weighted by Crippen LogP contribution is 2.36. The number of hydrogen-bond donors (Lipinski definition) is 0. The molecule has 0 heterocycles. The molecule has 0 aliphatic heterocycles. The molecule has 1 aliphatic rings. The smallest absolute Gasteiger partial charge is 0.338 e. The Morgan fingerprint density at radius 1 is 1.28 bits per heavy atom. The quantitative estimate of drug-likeness (QED) is 0.558. The molecule has 0 unspecified atom stereocenters. The van der Waals surface area contributed by atoms with Gasteiger partial charge in [-0.15, -0.1) is 0 Å². The number of hydrogen-bond acceptors (Lipinski definition) is 2. The molecule has 0 fully saturated rings. The molecular weight excluding hydrogens is 224 g/mol. The van der Waals surface area contributed by atoms with Crippen LogP contribution in [0.15, 0.2) is 12.1 Å². The van der Waals surface area contributed by atoms with Crippen LogP contribution in [0.5, 0.6) is 0 Å². The molecule has 0 saturated heterocycles. The maximum atomic E-state index is 11.8. The number of fused-ring (bicyclic) bond motifs is 1. The number of carbonyl (C=O) groups is 1. The highest BCUT2D eigenvalue weighted by atomic mass is 16.5. The van der Waals surface area contributed by atoms with E-state index in [0.717, 1.165) is 24.8 Å². The van der Waals surface area contributed by atoms with E-state index in [4.69, 9.17) is 4.74 Å². The molecule has 2 nitrogen and oxygen atoms in total. The molecule has 1 aromatic rings. The third-order valence-corrected chi connectivity index (χ3v) is 4.01. The number of esters is 1. The number of benzene rings is 1. The summed E-state index contributed by atoms with van der Waals surface area (Å²) in [5.74, 6) is -0.203. The third-order valence-electron chi connectivity index (χ3n) is 4.01. The van der Waals surface area contributed by atoms with Crippen LogP contribution in [0.1, 0.15) is 53.7 Å².